The quantitative estimate of drug-likeness (QED) is 0.822. The summed E-state index contributed by atoms with van der Waals surface area (Å²) in [6.07, 6.45) is 0. The van der Waals surface area contributed by atoms with Crippen molar-refractivity contribution in [1.29, 1.82) is 0 Å². The molecular formula is C17H18NO4P. The lowest BCUT2D eigenvalue weighted by molar-refractivity contribution is 0.0696. The fraction of sp³-hybridized carbons (Fsp3) is 0.176. The number of benzene rings is 2. The number of hydrogen-bond acceptors (Lipinski definition) is 3. The zero-order valence-corrected chi connectivity index (χ0v) is 13.8. The molecule has 5 nitrogen and oxygen atoms in total. The van der Waals surface area contributed by atoms with Crippen molar-refractivity contribution in [3.05, 3.63) is 71.3 Å². The number of aromatic carboxylic acids is 1. The molecule has 0 spiro atoms. The predicted octanol–water partition coefficient (Wildman–Crippen LogP) is 3.44. The van der Waals surface area contributed by atoms with Crippen LogP contribution < -0.4 is 5.32 Å². The molecule has 0 heterocycles. The lowest BCUT2D eigenvalue weighted by Crippen LogP contribution is -2.28. The number of carboxylic acids is 1. The number of rotatable bonds is 5. The monoisotopic (exact) mass is 331 g/mol. The Morgan fingerprint density at radius 1 is 0.957 bits per heavy atom. The molecule has 2 rings (SSSR count). The summed E-state index contributed by atoms with van der Waals surface area (Å²) in [5.41, 5.74) is 1.21. The SMILES string of the molecule is CP(C)(=O)[C@@H](NC(=O)c1ccc(C(=O)O)cc1)c1ccccc1. The maximum atomic E-state index is 12.5. The average molecular weight is 331 g/mol. The van der Waals surface area contributed by atoms with Crippen LogP contribution in [0.15, 0.2) is 54.6 Å². The van der Waals surface area contributed by atoms with Gasteiger partial charge in [0.05, 0.1) is 5.56 Å². The molecule has 6 heteroatoms. The average Bonchev–Trinajstić information content (AvgIpc) is 2.52. The molecule has 23 heavy (non-hydrogen) atoms. The Labute approximate surface area is 134 Å². The second-order valence-electron chi connectivity index (χ2n) is 5.60. The molecule has 1 amide bonds. The van der Waals surface area contributed by atoms with E-state index in [1.54, 1.807) is 13.3 Å². The topological polar surface area (TPSA) is 83.5 Å². The van der Waals surface area contributed by atoms with Crippen molar-refractivity contribution < 1.29 is 19.3 Å². The van der Waals surface area contributed by atoms with Gasteiger partial charge in [-0.25, -0.2) is 4.79 Å². The van der Waals surface area contributed by atoms with Crippen LogP contribution >= 0.6 is 7.14 Å². The Balaban J connectivity index is 2.24. The van der Waals surface area contributed by atoms with Crippen molar-refractivity contribution in [3.8, 4) is 0 Å². The van der Waals surface area contributed by atoms with E-state index in [0.29, 0.717) is 5.56 Å². The van der Waals surface area contributed by atoms with Gasteiger partial charge < -0.3 is 15.0 Å². The second kappa shape index (κ2) is 6.80. The Hall–Kier alpha value is -2.39. The van der Waals surface area contributed by atoms with Gasteiger partial charge in [-0.2, -0.15) is 0 Å². The first-order valence-corrected chi connectivity index (χ1v) is 9.70. The lowest BCUT2D eigenvalue weighted by atomic mass is 10.1. The fourth-order valence-electron chi connectivity index (χ4n) is 2.20. The van der Waals surface area contributed by atoms with Crippen LogP contribution in [0.1, 0.15) is 32.1 Å². The lowest BCUT2D eigenvalue weighted by Gasteiger charge is -2.23. The molecule has 1 atom stereocenters. The van der Waals surface area contributed by atoms with Crippen molar-refractivity contribution in [2.24, 2.45) is 0 Å². The van der Waals surface area contributed by atoms with E-state index in [0.717, 1.165) is 5.56 Å². The number of carbonyl (C=O) groups is 2. The standard InChI is InChI=1S/C17H18NO4P/c1-23(2,22)16(13-6-4-3-5-7-13)18-15(19)12-8-10-14(11-9-12)17(20)21/h3-11,16H,1-2H3,(H,18,19)(H,20,21)/t16-/m1/s1. The van der Waals surface area contributed by atoms with Gasteiger partial charge in [0.25, 0.3) is 5.91 Å². The first-order valence-electron chi connectivity index (χ1n) is 7.03. The van der Waals surface area contributed by atoms with E-state index in [4.69, 9.17) is 5.11 Å². The molecule has 0 bridgehead atoms. The molecule has 0 saturated heterocycles. The molecule has 2 aromatic carbocycles. The van der Waals surface area contributed by atoms with Crippen LogP contribution in [0.4, 0.5) is 0 Å². The molecule has 0 unspecified atom stereocenters. The van der Waals surface area contributed by atoms with Gasteiger partial charge in [0.2, 0.25) is 0 Å². The van der Waals surface area contributed by atoms with Crippen molar-refractivity contribution in [2.45, 2.75) is 5.78 Å². The summed E-state index contributed by atoms with van der Waals surface area (Å²) >= 11 is 0. The van der Waals surface area contributed by atoms with E-state index in [-0.39, 0.29) is 11.5 Å². The van der Waals surface area contributed by atoms with Crippen molar-refractivity contribution in [1.82, 2.24) is 5.32 Å². The summed E-state index contributed by atoms with van der Waals surface area (Å²) in [5.74, 6) is -2.03. The first kappa shape index (κ1) is 17.0. The molecule has 2 N–H and O–H groups in total. The molecule has 0 aromatic heterocycles. The second-order valence-corrected chi connectivity index (χ2v) is 8.99. The molecule has 0 saturated carbocycles. The molecule has 0 aliphatic carbocycles. The largest absolute Gasteiger partial charge is 0.478 e. The molecular weight excluding hydrogens is 313 g/mol. The van der Waals surface area contributed by atoms with Crippen LogP contribution in [0.25, 0.3) is 0 Å². The van der Waals surface area contributed by atoms with E-state index >= 15 is 0 Å². The Bertz CT molecular complexity index is 750. The van der Waals surface area contributed by atoms with Crippen molar-refractivity contribution in [3.63, 3.8) is 0 Å². The van der Waals surface area contributed by atoms with Gasteiger partial charge in [0.15, 0.2) is 0 Å². The third-order valence-electron chi connectivity index (χ3n) is 3.40. The third-order valence-corrected chi connectivity index (χ3v) is 5.07. The van der Waals surface area contributed by atoms with E-state index in [1.807, 2.05) is 30.3 Å². The summed E-state index contributed by atoms with van der Waals surface area (Å²) in [6, 6.07) is 14.8. The zero-order valence-electron chi connectivity index (χ0n) is 12.9. The summed E-state index contributed by atoms with van der Waals surface area (Å²) in [6.45, 7) is 3.25. The molecule has 2 aromatic rings. The number of carbonyl (C=O) groups excluding carboxylic acids is 1. The number of hydrogen-bond donors (Lipinski definition) is 2. The summed E-state index contributed by atoms with van der Waals surface area (Å²) in [7, 11) is -2.62. The van der Waals surface area contributed by atoms with E-state index in [9.17, 15) is 14.2 Å². The van der Waals surface area contributed by atoms with Gasteiger partial charge in [-0.3, -0.25) is 4.79 Å². The predicted molar refractivity (Wildman–Crippen MR) is 89.5 cm³/mol. The Morgan fingerprint density at radius 2 is 1.48 bits per heavy atom. The van der Waals surface area contributed by atoms with E-state index < -0.39 is 18.9 Å². The highest BCUT2D eigenvalue weighted by molar-refractivity contribution is 7.62. The minimum Gasteiger partial charge on any atom is -0.478 e. The molecule has 0 radical (unpaired) electrons. The summed E-state index contributed by atoms with van der Waals surface area (Å²) in [5, 5.41) is 11.7. The number of carboxylic acid groups (broad SMARTS) is 1. The van der Waals surface area contributed by atoms with Gasteiger partial charge >= 0.3 is 5.97 Å². The van der Waals surface area contributed by atoms with Crippen LogP contribution in [0.2, 0.25) is 0 Å². The number of amides is 1. The summed E-state index contributed by atoms with van der Waals surface area (Å²) in [4.78, 5) is 23.2. The zero-order chi connectivity index (χ0) is 17.0. The highest BCUT2D eigenvalue weighted by atomic mass is 31.2. The normalized spacial score (nSPS) is 12.4. The van der Waals surface area contributed by atoms with Crippen LogP contribution in [0, 0.1) is 0 Å². The van der Waals surface area contributed by atoms with E-state index in [1.165, 1.54) is 24.3 Å². The smallest absolute Gasteiger partial charge is 0.335 e. The van der Waals surface area contributed by atoms with Gasteiger partial charge in [-0.1, -0.05) is 30.3 Å². The van der Waals surface area contributed by atoms with Crippen LogP contribution in [0.5, 0.6) is 0 Å². The van der Waals surface area contributed by atoms with E-state index in [2.05, 4.69) is 5.32 Å². The fourth-order valence-corrected chi connectivity index (χ4v) is 3.52. The van der Waals surface area contributed by atoms with Crippen LogP contribution in [-0.2, 0) is 4.57 Å². The third kappa shape index (κ3) is 4.30. The van der Waals surface area contributed by atoms with Gasteiger partial charge in [-0.15, -0.1) is 0 Å². The Morgan fingerprint density at radius 3 is 1.96 bits per heavy atom. The summed E-state index contributed by atoms with van der Waals surface area (Å²) < 4.78 is 12.5. The first-order chi connectivity index (χ1) is 10.8. The van der Waals surface area contributed by atoms with Gasteiger partial charge in [0.1, 0.15) is 12.9 Å². The Kier molecular flexibility index (Phi) is 5.02. The highest BCUT2D eigenvalue weighted by Gasteiger charge is 2.27. The molecule has 0 fully saturated rings. The molecule has 120 valence electrons. The van der Waals surface area contributed by atoms with Gasteiger partial charge in [0, 0.05) is 5.56 Å². The van der Waals surface area contributed by atoms with Crippen molar-refractivity contribution >= 4 is 19.0 Å². The highest BCUT2D eigenvalue weighted by Crippen LogP contribution is 2.50. The molecule has 0 aliphatic heterocycles. The molecule has 0 aliphatic rings. The van der Waals surface area contributed by atoms with Crippen molar-refractivity contribution in [2.75, 3.05) is 13.3 Å². The van der Waals surface area contributed by atoms with Gasteiger partial charge in [-0.05, 0) is 43.2 Å². The maximum Gasteiger partial charge on any atom is 0.335 e. The minimum atomic E-state index is -2.62. The van der Waals surface area contributed by atoms with Crippen LogP contribution in [0.3, 0.4) is 0 Å². The van der Waals surface area contributed by atoms with Crippen LogP contribution in [-0.4, -0.2) is 30.3 Å². The number of nitrogens with one attached hydrogen (secondary N) is 1. The minimum absolute atomic E-state index is 0.109. The maximum absolute atomic E-state index is 12.5.